The molecule has 3 aromatic heterocycles. The van der Waals surface area contributed by atoms with Crippen molar-refractivity contribution in [2.24, 2.45) is 0 Å². The van der Waals surface area contributed by atoms with Gasteiger partial charge < -0.3 is 11.4 Å². The Morgan fingerprint density at radius 1 is 0.640 bits per heavy atom. The average molecular weight is 322 g/mol. The molecule has 0 unspecified atom stereocenters. The summed E-state index contributed by atoms with van der Waals surface area (Å²) in [5, 5.41) is 0. The predicted molar refractivity (Wildman–Crippen MR) is 99.9 cm³/mol. The van der Waals surface area contributed by atoms with Crippen LogP contribution in [0.4, 0.5) is 0 Å². The zero-order valence-corrected chi connectivity index (χ0v) is 13.6. The van der Waals surface area contributed by atoms with Crippen molar-refractivity contribution in [3.63, 3.8) is 0 Å². The highest BCUT2D eigenvalue weighted by atomic mass is 14.8. The second kappa shape index (κ2) is 8.28. The molecule has 0 aliphatic heterocycles. The Bertz CT molecular complexity index is 883. The van der Waals surface area contributed by atoms with E-state index in [-0.39, 0.29) is 0 Å². The van der Waals surface area contributed by atoms with Crippen LogP contribution in [-0.4, -0.2) is 15.0 Å². The van der Waals surface area contributed by atoms with Gasteiger partial charge in [0.25, 0.3) is 0 Å². The molecular weight excluding hydrogens is 306 g/mol. The number of H-pyrrole nitrogens is 1. The lowest BCUT2D eigenvalue weighted by atomic mass is 10.2. The van der Waals surface area contributed by atoms with Crippen LogP contribution in [0.1, 0.15) is 5.56 Å². The molecule has 3 nitrogen and oxygen atoms in total. The molecule has 4 aromatic rings. The van der Waals surface area contributed by atoms with Gasteiger partial charge in [-0.1, -0.05) is 30.3 Å². The molecule has 25 heavy (non-hydrogen) atoms. The molecule has 0 saturated heterocycles. The van der Waals surface area contributed by atoms with Gasteiger partial charge in [-0.15, -0.1) is 17.7 Å². The van der Waals surface area contributed by atoms with Crippen LogP contribution >= 0.6 is 0 Å². The first kappa shape index (κ1) is 16.2. The first-order chi connectivity index (χ1) is 12.4. The zero-order chi connectivity index (χ0) is 17.3. The number of pyridine rings is 2. The van der Waals surface area contributed by atoms with Gasteiger partial charge in [0.2, 0.25) is 0 Å². The molecule has 120 valence electrons. The van der Waals surface area contributed by atoms with E-state index in [2.05, 4.69) is 20.9 Å². The smallest absolute Gasteiger partial charge is 0.0864 e. The van der Waals surface area contributed by atoms with Crippen molar-refractivity contribution in [2.45, 2.75) is 0 Å². The second-order valence-corrected chi connectivity index (χ2v) is 5.21. The van der Waals surface area contributed by atoms with Crippen LogP contribution in [-0.2, 0) is 0 Å². The molecule has 0 fully saturated rings. The topological polar surface area (TPSA) is 41.6 Å². The van der Waals surface area contributed by atoms with E-state index in [1.54, 1.807) is 12.4 Å². The van der Waals surface area contributed by atoms with Crippen LogP contribution in [0.15, 0.2) is 91.3 Å². The Labute approximate surface area is 147 Å². The summed E-state index contributed by atoms with van der Waals surface area (Å²) in [6.07, 6.45) is 10.3. The number of nitrogens with one attached hydrogen (secondary N) is 1. The number of hydrogen-bond donors (Lipinski definition) is 1. The molecule has 3 heteroatoms. The van der Waals surface area contributed by atoms with Gasteiger partial charge in [0, 0.05) is 12.4 Å². The minimum absolute atomic E-state index is 0.826. The van der Waals surface area contributed by atoms with Crippen LogP contribution in [0.2, 0.25) is 0 Å². The van der Waals surface area contributed by atoms with E-state index < -0.39 is 0 Å². The highest BCUT2D eigenvalue weighted by Gasteiger charge is 2.04. The van der Waals surface area contributed by atoms with Crippen molar-refractivity contribution in [3.05, 3.63) is 103 Å². The number of aromatic amines is 1. The molecule has 0 radical (unpaired) electrons. The summed E-state index contributed by atoms with van der Waals surface area (Å²) < 4.78 is 0. The third-order valence-corrected chi connectivity index (χ3v) is 3.49. The van der Waals surface area contributed by atoms with Crippen LogP contribution < -0.4 is 0 Å². The first-order valence-corrected chi connectivity index (χ1v) is 7.86. The molecule has 1 aromatic carbocycles. The number of hydrogen-bond acceptors (Lipinski definition) is 2. The molecule has 0 spiro atoms. The summed E-state index contributed by atoms with van der Waals surface area (Å²) in [4.78, 5) is 11.9. The summed E-state index contributed by atoms with van der Waals surface area (Å²) in [5.41, 5.74) is 4.72. The van der Waals surface area contributed by atoms with Crippen molar-refractivity contribution in [1.82, 2.24) is 15.0 Å². The largest absolute Gasteiger partial charge is 0.366 e. The Morgan fingerprint density at radius 2 is 1.16 bits per heavy atom. The third kappa shape index (κ3) is 4.43. The quantitative estimate of drug-likeness (QED) is 0.427. The Kier molecular flexibility index (Phi) is 5.37. The summed E-state index contributed by atoms with van der Waals surface area (Å²) in [6, 6.07) is 25.1. The highest BCUT2D eigenvalue weighted by molar-refractivity contribution is 5.63. The van der Waals surface area contributed by atoms with Crippen LogP contribution in [0.25, 0.3) is 22.8 Å². The Hall–Kier alpha value is -3.64. The van der Waals surface area contributed by atoms with Gasteiger partial charge in [-0.25, -0.2) is 0 Å². The van der Waals surface area contributed by atoms with Gasteiger partial charge in [0.1, 0.15) is 0 Å². The normalized spacial score (nSPS) is 9.56. The molecular formula is C22H16N3-. The van der Waals surface area contributed by atoms with E-state index in [0.29, 0.717) is 0 Å². The minimum atomic E-state index is 0.826. The second-order valence-electron chi connectivity index (χ2n) is 5.21. The first-order valence-electron chi connectivity index (χ1n) is 7.86. The van der Waals surface area contributed by atoms with Crippen molar-refractivity contribution in [3.8, 4) is 28.7 Å². The van der Waals surface area contributed by atoms with Crippen molar-refractivity contribution >= 4 is 0 Å². The van der Waals surface area contributed by atoms with Crippen molar-refractivity contribution in [2.75, 3.05) is 0 Å². The van der Waals surface area contributed by atoms with E-state index in [4.69, 9.17) is 6.42 Å². The molecule has 0 amide bonds. The van der Waals surface area contributed by atoms with Crippen LogP contribution in [0.5, 0.6) is 0 Å². The molecule has 4 rings (SSSR count). The third-order valence-electron chi connectivity index (χ3n) is 3.49. The highest BCUT2D eigenvalue weighted by Crippen LogP contribution is 2.21. The van der Waals surface area contributed by atoms with Crippen molar-refractivity contribution in [1.29, 1.82) is 0 Å². The predicted octanol–water partition coefficient (Wildman–Crippen LogP) is 4.76. The van der Waals surface area contributed by atoms with Gasteiger partial charge >= 0.3 is 0 Å². The number of aromatic nitrogens is 3. The summed E-state index contributed by atoms with van der Waals surface area (Å²) >= 11 is 0. The molecule has 0 aliphatic carbocycles. The molecule has 1 N–H and O–H groups in total. The SMILES string of the molecule is [C-]#Cc1ccccc1.c1ccc(-c2ccc(-c3ccccn3)[nH]2)nc1. The number of rotatable bonds is 2. The monoisotopic (exact) mass is 322 g/mol. The summed E-state index contributed by atoms with van der Waals surface area (Å²) in [7, 11) is 0. The Morgan fingerprint density at radius 3 is 1.56 bits per heavy atom. The van der Waals surface area contributed by atoms with E-state index in [0.717, 1.165) is 28.3 Å². The fraction of sp³-hybridized carbons (Fsp3) is 0. The number of benzene rings is 1. The van der Waals surface area contributed by atoms with Crippen LogP contribution in [0, 0.1) is 12.3 Å². The lowest BCUT2D eigenvalue weighted by molar-refractivity contribution is 1.25. The molecule has 0 atom stereocenters. The Balaban J connectivity index is 0.000000192. The molecule has 0 saturated carbocycles. The number of nitrogens with zero attached hydrogens (tertiary/aromatic N) is 2. The van der Waals surface area contributed by atoms with Gasteiger partial charge in [0.15, 0.2) is 0 Å². The van der Waals surface area contributed by atoms with Crippen molar-refractivity contribution < 1.29 is 0 Å². The van der Waals surface area contributed by atoms with Gasteiger partial charge in [-0.3, -0.25) is 15.9 Å². The molecule has 0 bridgehead atoms. The zero-order valence-electron chi connectivity index (χ0n) is 13.6. The average Bonchev–Trinajstić information content (AvgIpc) is 3.21. The molecule has 3 heterocycles. The minimum Gasteiger partial charge on any atom is -0.366 e. The van der Waals surface area contributed by atoms with E-state index in [1.165, 1.54) is 0 Å². The van der Waals surface area contributed by atoms with E-state index >= 15 is 0 Å². The van der Waals surface area contributed by atoms with Gasteiger partial charge in [0.05, 0.1) is 22.8 Å². The lowest BCUT2D eigenvalue weighted by Crippen LogP contribution is -1.84. The summed E-state index contributed by atoms with van der Waals surface area (Å²) in [5.74, 6) is 2.28. The maximum absolute atomic E-state index is 6.69. The van der Waals surface area contributed by atoms with Gasteiger partial charge in [-0.2, -0.15) is 0 Å². The fourth-order valence-electron chi connectivity index (χ4n) is 2.26. The van der Waals surface area contributed by atoms with Crippen LogP contribution in [0.3, 0.4) is 0 Å². The fourth-order valence-corrected chi connectivity index (χ4v) is 2.26. The van der Waals surface area contributed by atoms with Gasteiger partial charge in [-0.05, 0) is 36.4 Å². The van der Waals surface area contributed by atoms with E-state index in [1.807, 2.05) is 78.9 Å². The van der Waals surface area contributed by atoms with E-state index in [9.17, 15) is 0 Å². The maximum Gasteiger partial charge on any atom is 0.0864 e. The standard InChI is InChI=1S/C14H11N3.C8H5/c1-3-9-15-11(5-1)13-7-8-14(17-13)12-6-2-4-10-16-12;1-2-8-6-4-3-5-7-8/h1-10,17H;3-7H/q;-1. The maximum atomic E-state index is 6.69. The summed E-state index contributed by atoms with van der Waals surface area (Å²) in [6.45, 7) is 0. The lowest BCUT2D eigenvalue weighted by Gasteiger charge is -1.97. The molecule has 0 aliphatic rings.